The summed E-state index contributed by atoms with van der Waals surface area (Å²) < 4.78 is 67.0. The summed E-state index contributed by atoms with van der Waals surface area (Å²) in [4.78, 5) is 27.6. The molecule has 1 saturated heterocycles. The molecule has 1 aliphatic rings. The van der Waals surface area contributed by atoms with Crippen LogP contribution in [0.5, 0.6) is 0 Å². The zero-order valence-corrected chi connectivity index (χ0v) is 23.8. The first kappa shape index (κ1) is 38.5. The van der Waals surface area contributed by atoms with Gasteiger partial charge in [-0.15, -0.1) is 24.8 Å². The average molecular weight is 655 g/mol. The summed E-state index contributed by atoms with van der Waals surface area (Å²) in [5, 5.41) is 14.5. The van der Waals surface area contributed by atoms with E-state index in [1.807, 2.05) is 4.90 Å². The van der Waals surface area contributed by atoms with Gasteiger partial charge in [0.05, 0.1) is 30.0 Å². The number of carbonyl (C=O) groups excluding carboxylic acids is 2. The molecule has 0 spiro atoms. The SMILES string of the molecule is Cl.Cl.NC(=O)C(CO)NCc1ccc(C(=O)Nc2ccc(Cl)cc2N2CCN(CCC(F)(F)F)CC2)c(F)c1F.O. The van der Waals surface area contributed by atoms with Gasteiger partial charge in [-0.3, -0.25) is 19.8 Å². The molecule has 0 radical (unpaired) electrons. The zero-order valence-electron chi connectivity index (χ0n) is 21.4. The third-order valence-corrected chi connectivity index (χ3v) is 6.34. The number of alkyl halides is 3. The third kappa shape index (κ3) is 10.7. The van der Waals surface area contributed by atoms with Gasteiger partial charge in [0.2, 0.25) is 5.91 Å². The maximum absolute atomic E-state index is 14.8. The largest absolute Gasteiger partial charge is 0.412 e. The molecule has 0 bridgehead atoms. The highest BCUT2D eigenvalue weighted by Gasteiger charge is 2.29. The predicted octanol–water partition coefficient (Wildman–Crippen LogP) is 2.90. The number of aliphatic hydroxyl groups is 1. The summed E-state index contributed by atoms with van der Waals surface area (Å²) in [6, 6.07) is 5.66. The molecule has 232 valence electrons. The number of halogens is 8. The van der Waals surface area contributed by atoms with Crippen LogP contribution in [0.1, 0.15) is 22.3 Å². The van der Waals surface area contributed by atoms with Crippen LogP contribution in [0, 0.1) is 11.6 Å². The minimum absolute atomic E-state index is 0. The van der Waals surface area contributed by atoms with Gasteiger partial charge in [0.25, 0.3) is 5.91 Å². The number of amides is 2. The number of hydrogen-bond acceptors (Lipinski definition) is 6. The second-order valence-corrected chi connectivity index (χ2v) is 9.16. The molecule has 1 atom stereocenters. The molecule has 0 saturated carbocycles. The van der Waals surface area contributed by atoms with Gasteiger partial charge in [-0.2, -0.15) is 13.2 Å². The molecule has 17 heteroatoms. The number of piperazine rings is 1. The fourth-order valence-electron chi connectivity index (χ4n) is 3.95. The van der Waals surface area contributed by atoms with Crippen molar-refractivity contribution in [1.82, 2.24) is 10.2 Å². The Hall–Kier alpha value is -2.46. The molecule has 2 aromatic carbocycles. The zero-order chi connectivity index (χ0) is 28.0. The first-order chi connectivity index (χ1) is 17.9. The molecule has 1 aliphatic heterocycles. The van der Waals surface area contributed by atoms with Crippen molar-refractivity contribution in [3.05, 3.63) is 58.1 Å². The van der Waals surface area contributed by atoms with E-state index in [-0.39, 0.29) is 54.6 Å². The number of aliphatic hydroxyl groups excluding tert-OH is 1. The van der Waals surface area contributed by atoms with Crippen molar-refractivity contribution in [2.45, 2.75) is 25.2 Å². The summed E-state index contributed by atoms with van der Waals surface area (Å²) in [5.74, 6) is -4.52. The lowest BCUT2D eigenvalue weighted by molar-refractivity contribution is -0.138. The minimum Gasteiger partial charge on any atom is -0.412 e. The van der Waals surface area contributed by atoms with Crippen molar-refractivity contribution >= 4 is 59.6 Å². The van der Waals surface area contributed by atoms with E-state index >= 15 is 0 Å². The van der Waals surface area contributed by atoms with Gasteiger partial charge in [-0.1, -0.05) is 17.7 Å². The molecule has 41 heavy (non-hydrogen) atoms. The normalized spacial score (nSPS) is 14.3. The van der Waals surface area contributed by atoms with Crippen LogP contribution in [0.4, 0.5) is 33.3 Å². The van der Waals surface area contributed by atoms with Gasteiger partial charge >= 0.3 is 6.18 Å². The second-order valence-electron chi connectivity index (χ2n) is 8.73. The van der Waals surface area contributed by atoms with Gasteiger partial charge in [0, 0.05) is 49.9 Å². The molecule has 2 amide bonds. The first-order valence-corrected chi connectivity index (χ1v) is 12.0. The summed E-state index contributed by atoms with van der Waals surface area (Å²) >= 11 is 6.13. The van der Waals surface area contributed by atoms with Gasteiger partial charge in [0.1, 0.15) is 6.04 Å². The van der Waals surface area contributed by atoms with Crippen LogP contribution in [0.3, 0.4) is 0 Å². The second kappa shape index (κ2) is 16.9. The maximum atomic E-state index is 14.8. The van der Waals surface area contributed by atoms with Gasteiger partial charge in [-0.05, 0) is 24.3 Å². The van der Waals surface area contributed by atoms with Crippen LogP contribution in [0.15, 0.2) is 30.3 Å². The van der Waals surface area contributed by atoms with Crippen molar-refractivity contribution in [2.75, 3.05) is 49.5 Å². The Bertz CT molecular complexity index is 1170. The molecule has 1 heterocycles. The lowest BCUT2D eigenvalue weighted by Crippen LogP contribution is -2.47. The Morgan fingerprint density at radius 3 is 2.24 bits per heavy atom. The Balaban J connectivity index is 0.00000533. The molecule has 2 aromatic rings. The Morgan fingerprint density at radius 1 is 1.05 bits per heavy atom. The van der Waals surface area contributed by atoms with Gasteiger partial charge in [-0.25, -0.2) is 8.78 Å². The number of hydrogen-bond donors (Lipinski definition) is 4. The Kier molecular flexibility index (Phi) is 15.8. The molecule has 0 aromatic heterocycles. The highest BCUT2D eigenvalue weighted by molar-refractivity contribution is 6.31. The molecule has 1 unspecified atom stereocenters. The molecule has 0 aliphatic carbocycles. The molecule has 7 N–H and O–H groups in total. The number of benzene rings is 2. The molecular weight excluding hydrogens is 624 g/mol. The number of anilines is 2. The van der Waals surface area contributed by atoms with Crippen LogP contribution in [-0.4, -0.2) is 78.8 Å². The Morgan fingerprint density at radius 2 is 1.68 bits per heavy atom. The molecule has 9 nitrogen and oxygen atoms in total. The van der Waals surface area contributed by atoms with E-state index in [1.165, 1.54) is 18.2 Å². The van der Waals surface area contributed by atoms with E-state index in [4.69, 9.17) is 22.4 Å². The van der Waals surface area contributed by atoms with E-state index in [9.17, 15) is 31.5 Å². The fraction of sp³-hybridized carbons (Fsp3) is 0.417. The number of carbonyl (C=O) groups is 2. The predicted molar refractivity (Wildman–Crippen MR) is 150 cm³/mol. The monoisotopic (exact) mass is 653 g/mol. The number of nitrogens with zero attached hydrogens (tertiary/aromatic N) is 2. The summed E-state index contributed by atoms with van der Waals surface area (Å²) in [6.07, 6.45) is -5.15. The number of nitrogens with one attached hydrogen (secondary N) is 2. The lowest BCUT2D eigenvalue weighted by Gasteiger charge is -2.37. The van der Waals surface area contributed by atoms with E-state index in [2.05, 4.69) is 10.6 Å². The van der Waals surface area contributed by atoms with Crippen molar-refractivity contribution in [3.63, 3.8) is 0 Å². The van der Waals surface area contributed by atoms with E-state index in [0.717, 1.165) is 6.07 Å². The first-order valence-electron chi connectivity index (χ1n) is 11.6. The van der Waals surface area contributed by atoms with Gasteiger partial charge in [0.15, 0.2) is 11.6 Å². The van der Waals surface area contributed by atoms with Crippen molar-refractivity contribution < 1.29 is 42.1 Å². The topological polar surface area (TPSA) is 142 Å². The van der Waals surface area contributed by atoms with E-state index in [1.54, 1.807) is 11.0 Å². The highest BCUT2D eigenvalue weighted by atomic mass is 35.5. The number of rotatable bonds is 10. The number of nitrogens with two attached hydrogens (primary N) is 1. The maximum Gasteiger partial charge on any atom is 0.390 e. The quantitative estimate of drug-likeness (QED) is 0.291. The molecular formula is C24H31Cl3F5N5O4. The van der Waals surface area contributed by atoms with Crippen molar-refractivity contribution in [3.8, 4) is 0 Å². The van der Waals surface area contributed by atoms with Crippen LogP contribution in [-0.2, 0) is 11.3 Å². The minimum atomic E-state index is -4.24. The van der Waals surface area contributed by atoms with Crippen molar-refractivity contribution in [1.29, 1.82) is 0 Å². The fourth-order valence-corrected chi connectivity index (χ4v) is 4.11. The average Bonchev–Trinajstić information content (AvgIpc) is 2.86. The van der Waals surface area contributed by atoms with E-state index in [0.29, 0.717) is 36.9 Å². The number of primary amides is 1. The Labute approximate surface area is 250 Å². The van der Waals surface area contributed by atoms with Gasteiger partial charge < -0.3 is 26.5 Å². The molecule has 1 fully saturated rings. The third-order valence-electron chi connectivity index (χ3n) is 6.10. The summed E-state index contributed by atoms with van der Waals surface area (Å²) in [6.45, 7) is 0.380. The van der Waals surface area contributed by atoms with Crippen LogP contribution < -0.4 is 21.3 Å². The smallest absolute Gasteiger partial charge is 0.390 e. The summed E-state index contributed by atoms with van der Waals surface area (Å²) in [7, 11) is 0. The van der Waals surface area contributed by atoms with Crippen LogP contribution >= 0.6 is 36.4 Å². The lowest BCUT2D eigenvalue weighted by atomic mass is 10.1. The van der Waals surface area contributed by atoms with Crippen LogP contribution in [0.2, 0.25) is 5.02 Å². The van der Waals surface area contributed by atoms with E-state index < -0.39 is 54.3 Å². The van der Waals surface area contributed by atoms with Crippen molar-refractivity contribution in [2.24, 2.45) is 5.73 Å². The summed E-state index contributed by atoms with van der Waals surface area (Å²) in [5.41, 5.74) is 5.09. The highest BCUT2D eigenvalue weighted by Crippen LogP contribution is 2.31. The molecule has 3 rings (SSSR count). The van der Waals surface area contributed by atoms with Crippen LogP contribution in [0.25, 0.3) is 0 Å². The standard InChI is InChI=1S/C24H27ClF5N5O3.2ClH.H2O/c25-15-2-4-17(19(11-15)35-9-7-34(8-10-35)6-5-24(28,29)30)33-23(38)16-3-1-14(20(26)21(16)27)12-32-18(13-36)22(31)37;;;/h1-4,11,18,32,36H,5-10,12-13H2,(H2,31,37)(H,33,38);2*1H;1H2.